The van der Waals surface area contributed by atoms with Crippen molar-refractivity contribution in [1.29, 1.82) is 0 Å². The Bertz CT molecular complexity index is 119. The van der Waals surface area contributed by atoms with Crippen LogP contribution in [-0.4, -0.2) is 31.0 Å². The Hall–Kier alpha value is -0.280. The van der Waals surface area contributed by atoms with E-state index in [4.69, 9.17) is 16.3 Å². The quantitative estimate of drug-likeness (QED) is 0.634. The molecule has 1 unspecified atom stereocenters. The molecule has 1 atom stereocenters. The van der Waals surface area contributed by atoms with Gasteiger partial charge in [-0.25, -0.2) is 0 Å². The largest absolute Gasteiger partial charge is 0.380 e. The molecule has 0 aliphatic heterocycles. The highest BCUT2D eigenvalue weighted by Crippen LogP contribution is 1.85. The summed E-state index contributed by atoms with van der Waals surface area (Å²) >= 11 is 5.28. The highest BCUT2D eigenvalue weighted by Gasteiger charge is 2.04. The summed E-state index contributed by atoms with van der Waals surface area (Å²) in [6.45, 7) is 5.00. The molecule has 11 heavy (non-hydrogen) atoms. The van der Waals surface area contributed by atoms with Crippen molar-refractivity contribution in [2.75, 3.05) is 19.1 Å². The van der Waals surface area contributed by atoms with Crippen LogP contribution in [0.5, 0.6) is 0 Å². The van der Waals surface area contributed by atoms with Gasteiger partial charge in [-0.3, -0.25) is 4.79 Å². The van der Waals surface area contributed by atoms with E-state index in [1.54, 1.807) is 0 Å². The number of nitrogens with one attached hydrogen (secondary N) is 1. The second-order valence-corrected chi connectivity index (χ2v) is 2.53. The van der Waals surface area contributed by atoms with E-state index in [0.717, 1.165) is 0 Å². The molecule has 0 fully saturated rings. The van der Waals surface area contributed by atoms with Gasteiger partial charge < -0.3 is 10.1 Å². The molecule has 0 rings (SSSR count). The summed E-state index contributed by atoms with van der Waals surface area (Å²) < 4.78 is 5.08. The molecule has 0 aromatic heterocycles. The molecule has 0 aliphatic carbocycles. The zero-order valence-electron chi connectivity index (χ0n) is 6.89. The number of ether oxygens (including phenoxy) is 1. The van der Waals surface area contributed by atoms with Crippen LogP contribution in [0.4, 0.5) is 0 Å². The van der Waals surface area contributed by atoms with Crippen molar-refractivity contribution in [2.24, 2.45) is 0 Å². The summed E-state index contributed by atoms with van der Waals surface area (Å²) in [7, 11) is 0. The summed E-state index contributed by atoms with van der Waals surface area (Å²) in [5.74, 6) is -0.143. The van der Waals surface area contributed by atoms with Crippen LogP contribution in [0.25, 0.3) is 0 Å². The SMILES string of the molecule is CCOCC(C)NC(=O)CCl. The number of amides is 1. The Morgan fingerprint density at radius 3 is 2.82 bits per heavy atom. The van der Waals surface area contributed by atoms with Gasteiger partial charge in [-0.05, 0) is 13.8 Å². The van der Waals surface area contributed by atoms with Gasteiger partial charge >= 0.3 is 0 Å². The third-order valence-corrected chi connectivity index (χ3v) is 1.34. The minimum Gasteiger partial charge on any atom is -0.380 e. The molecule has 0 heterocycles. The topological polar surface area (TPSA) is 38.3 Å². The first-order chi connectivity index (χ1) is 5.20. The Balaban J connectivity index is 3.35. The summed E-state index contributed by atoms with van der Waals surface area (Å²) in [5, 5.41) is 2.67. The standard InChI is InChI=1S/C7H14ClNO2/c1-3-11-5-6(2)9-7(10)4-8/h6H,3-5H2,1-2H3,(H,9,10). The van der Waals surface area contributed by atoms with Crippen LogP contribution in [0.1, 0.15) is 13.8 Å². The maximum Gasteiger partial charge on any atom is 0.235 e. The fourth-order valence-corrected chi connectivity index (χ4v) is 0.727. The average Bonchev–Trinajstić information content (AvgIpc) is 2.00. The minimum absolute atomic E-state index is 0.0104. The van der Waals surface area contributed by atoms with Gasteiger partial charge in [0.15, 0.2) is 0 Å². The van der Waals surface area contributed by atoms with E-state index in [2.05, 4.69) is 5.32 Å². The van der Waals surface area contributed by atoms with Gasteiger partial charge in [0.05, 0.1) is 6.61 Å². The van der Waals surface area contributed by atoms with Gasteiger partial charge in [-0.2, -0.15) is 0 Å². The van der Waals surface area contributed by atoms with Gasteiger partial charge in [-0.15, -0.1) is 11.6 Å². The normalized spacial score (nSPS) is 12.6. The van der Waals surface area contributed by atoms with Gasteiger partial charge in [0.25, 0.3) is 0 Å². The summed E-state index contributed by atoms with van der Waals surface area (Å²) in [4.78, 5) is 10.7. The van der Waals surface area contributed by atoms with E-state index in [9.17, 15) is 4.79 Å². The predicted octanol–water partition coefficient (Wildman–Crippen LogP) is 0.766. The van der Waals surface area contributed by atoms with Gasteiger partial charge in [0, 0.05) is 12.6 Å². The molecule has 0 saturated heterocycles. The molecule has 4 heteroatoms. The summed E-state index contributed by atoms with van der Waals surface area (Å²) in [6.07, 6.45) is 0. The number of hydrogen-bond donors (Lipinski definition) is 1. The highest BCUT2D eigenvalue weighted by molar-refractivity contribution is 6.27. The van der Waals surface area contributed by atoms with Gasteiger partial charge in [0.2, 0.25) is 5.91 Å². The smallest absolute Gasteiger partial charge is 0.235 e. The van der Waals surface area contributed by atoms with E-state index in [0.29, 0.717) is 13.2 Å². The van der Waals surface area contributed by atoms with E-state index in [1.165, 1.54) is 0 Å². The average molecular weight is 180 g/mol. The summed E-state index contributed by atoms with van der Waals surface area (Å²) in [6, 6.07) is 0.0428. The van der Waals surface area contributed by atoms with Crippen molar-refractivity contribution in [3.8, 4) is 0 Å². The lowest BCUT2D eigenvalue weighted by Gasteiger charge is -2.11. The second-order valence-electron chi connectivity index (χ2n) is 2.26. The maximum atomic E-state index is 10.7. The minimum atomic E-state index is -0.154. The molecule has 66 valence electrons. The van der Waals surface area contributed by atoms with Crippen molar-refractivity contribution in [2.45, 2.75) is 19.9 Å². The lowest BCUT2D eigenvalue weighted by atomic mass is 10.3. The van der Waals surface area contributed by atoms with Crippen LogP contribution in [0.2, 0.25) is 0 Å². The predicted molar refractivity (Wildman–Crippen MR) is 44.8 cm³/mol. The van der Waals surface area contributed by atoms with Crippen LogP contribution in [0, 0.1) is 0 Å². The molecule has 0 saturated carbocycles. The lowest BCUT2D eigenvalue weighted by Crippen LogP contribution is -2.36. The maximum absolute atomic E-state index is 10.7. The van der Waals surface area contributed by atoms with Gasteiger partial charge in [-0.1, -0.05) is 0 Å². The van der Waals surface area contributed by atoms with Crippen molar-refractivity contribution in [3.63, 3.8) is 0 Å². The molecule has 1 N–H and O–H groups in total. The molecule has 0 aromatic rings. The fourth-order valence-electron chi connectivity index (χ4n) is 0.650. The van der Waals surface area contributed by atoms with Crippen LogP contribution in [0.3, 0.4) is 0 Å². The second kappa shape index (κ2) is 6.43. The van der Waals surface area contributed by atoms with Crippen molar-refractivity contribution in [3.05, 3.63) is 0 Å². The molecular formula is C7H14ClNO2. The zero-order valence-corrected chi connectivity index (χ0v) is 7.65. The third kappa shape index (κ3) is 6.13. The van der Waals surface area contributed by atoms with E-state index < -0.39 is 0 Å². The third-order valence-electron chi connectivity index (χ3n) is 1.10. The van der Waals surface area contributed by atoms with Crippen molar-refractivity contribution in [1.82, 2.24) is 5.32 Å². The zero-order chi connectivity index (χ0) is 8.69. The first-order valence-electron chi connectivity index (χ1n) is 3.63. The molecule has 0 aromatic carbocycles. The summed E-state index contributed by atoms with van der Waals surface area (Å²) in [5.41, 5.74) is 0. The van der Waals surface area contributed by atoms with Crippen LogP contribution >= 0.6 is 11.6 Å². The number of carbonyl (C=O) groups is 1. The molecule has 3 nitrogen and oxygen atoms in total. The Morgan fingerprint density at radius 1 is 1.73 bits per heavy atom. The Kier molecular flexibility index (Phi) is 6.27. The van der Waals surface area contributed by atoms with Crippen LogP contribution in [0.15, 0.2) is 0 Å². The van der Waals surface area contributed by atoms with Crippen LogP contribution < -0.4 is 5.32 Å². The number of hydrogen-bond acceptors (Lipinski definition) is 2. The van der Waals surface area contributed by atoms with Crippen molar-refractivity contribution < 1.29 is 9.53 Å². The fraction of sp³-hybridized carbons (Fsp3) is 0.857. The number of alkyl halides is 1. The first kappa shape index (κ1) is 10.7. The Labute approximate surface area is 72.1 Å². The Morgan fingerprint density at radius 2 is 2.36 bits per heavy atom. The van der Waals surface area contributed by atoms with Crippen molar-refractivity contribution >= 4 is 17.5 Å². The first-order valence-corrected chi connectivity index (χ1v) is 4.17. The molecular weight excluding hydrogens is 166 g/mol. The number of carbonyl (C=O) groups excluding carboxylic acids is 1. The molecule has 0 aliphatic rings. The highest BCUT2D eigenvalue weighted by atomic mass is 35.5. The monoisotopic (exact) mass is 179 g/mol. The van der Waals surface area contributed by atoms with Gasteiger partial charge in [0.1, 0.15) is 5.88 Å². The van der Waals surface area contributed by atoms with E-state index in [1.807, 2.05) is 13.8 Å². The molecule has 0 bridgehead atoms. The molecule has 1 amide bonds. The van der Waals surface area contributed by atoms with E-state index >= 15 is 0 Å². The van der Waals surface area contributed by atoms with E-state index in [-0.39, 0.29) is 17.8 Å². The number of halogens is 1. The molecule has 0 spiro atoms. The van der Waals surface area contributed by atoms with Crippen LogP contribution in [-0.2, 0) is 9.53 Å². The lowest BCUT2D eigenvalue weighted by molar-refractivity contribution is -0.119. The molecule has 0 radical (unpaired) electrons. The number of rotatable bonds is 5.